The number of rotatable bonds is 10. The Balaban J connectivity index is 0.00000576. The molecule has 0 aliphatic carbocycles. The predicted molar refractivity (Wildman–Crippen MR) is 114 cm³/mol. The number of sulfonamides is 1. The number of nitrogens with zero attached hydrogens (tertiary/aromatic N) is 3. The Morgan fingerprint density at radius 1 is 1.20 bits per heavy atom. The SMILES string of the molecule is CCNC(=NCCS(=O)(=O)N(CC)CC)NCCc1ccccn1.I. The van der Waals surface area contributed by atoms with Crippen LogP contribution in [0.2, 0.25) is 0 Å². The summed E-state index contributed by atoms with van der Waals surface area (Å²) in [7, 11) is -3.24. The minimum Gasteiger partial charge on any atom is -0.357 e. The topological polar surface area (TPSA) is 86.7 Å². The van der Waals surface area contributed by atoms with Gasteiger partial charge in [-0.3, -0.25) is 9.98 Å². The average Bonchev–Trinajstić information content (AvgIpc) is 2.56. The summed E-state index contributed by atoms with van der Waals surface area (Å²) in [6.07, 6.45) is 2.55. The largest absolute Gasteiger partial charge is 0.357 e. The van der Waals surface area contributed by atoms with E-state index in [0.29, 0.717) is 25.6 Å². The molecule has 144 valence electrons. The van der Waals surface area contributed by atoms with Crippen LogP contribution in [0.25, 0.3) is 0 Å². The lowest BCUT2D eigenvalue weighted by molar-refractivity contribution is 0.445. The van der Waals surface area contributed by atoms with Gasteiger partial charge in [-0.05, 0) is 19.1 Å². The highest BCUT2D eigenvalue weighted by Gasteiger charge is 2.17. The zero-order valence-electron chi connectivity index (χ0n) is 15.2. The summed E-state index contributed by atoms with van der Waals surface area (Å²) >= 11 is 0. The zero-order valence-corrected chi connectivity index (χ0v) is 18.4. The van der Waals surface area contributed by atoms with Crippen molar-refractivity contribution < 1.29 is 8.42 Å². The first-order valence-electron chi connectivity index (χ1n) is 8.43. The van der Waals surface area contributed by atoms with E-state index in [1.807, 2.05) is 39.0 Å². The average molecular weight is 483 g/mol. The molecule has 1 aromatic rings. The van der Waals surface area contributed by atoms with Crippen molar-refractivity contribution >= 4 is 40.0 Å². The Kier molecular flexibility index (Phi) is 12.8. The van der Waals surface area contributed by atoms with Gasteiger partial charge in [-0.2, -0.15) is 0 Å². The fourth-order valence-corrected chi connectivity index (χ4v) is 3.58. The number of aromatic nitrogens is 1. The van der Waals surface area contributed by atoms with Crippen molar-refractivity contribution in [3.63, 3.8) is 0 Å². The maximum atomic E-state index is 12.1. The Hall–Kier alpha value is -0.940. The number of halogens is 1. The molecule has 7 nitrogen and oxygen atoms in total. The van der Waals surface area contributed by atoms with Crippen molar-refractivity contribution in [2.75, 3.05) is 38.5 Å². The molecule has 0 saturated heterocycles. The molecule has 0 radical (unpaired) electrons. The fourth-order valence-electron chi connectivity index (χ4n) is 2.22. The molecule has 2 N–H and O–H groups in total. The van der Waals surface area contributed by atoms with E-state index in [1.54, 1.807) is 6.20 Å². The van der Waals surface area contributed by atoms with E-state index < -0.39 is 10.0 Å². The number of nitrogens with one attached hydrogen (secondary N) is 2. The molecular formula is C16H30IN5O2S. The fraction of sp³-hybridized carbons (Fsp3) is 0.625. The van der Waals surface area contributed by atoms with Gasteiger partial charge in [0, 0.05) is 44.5 Å². The van der Waals surface area contributed by atoms with Crippen LogP contribution in [0.1, 0.15) is 26.5 Å². The monoisotopic (exact) mass is 483 g/mol. The Labute approximate surface area is 168 Å². The zero-order chi connectivity index (χ0) is 17.8. The lowest BCUT2D eigenvalue weighted by Crippen LogP contribution is -2.39. The van der Waals surface area contributed by atoms with Gasteiger partial charge in [0.25, 0.3) is 0 Å². The van der Waals surface area contributed by atoms with Crippen LogP contribution in [0.15, 0.2) is 29.4 Å². The number of hydrogen-bond donors (Lipinski definition) is 2. The highest BCUT2D eigenvalue weighted by atomic mass is 127. The molecule has 0 fully saturated rings. The highest BCUT2D eigenvalue weighted by Crippen LogP contribution is 2.00. The van der Waals surface area contributed by atoms with Crippen LogP contribution >= 0.6 is 24.0 Å². The second-order valence-corrected chi connectivity index (χ2v) is 7.25. The molecule has 0 spiro atoms. The molecule has 0 unspecified atom stereocenters. The number of aliphatic imine (C=N–C) groups is 1. The molecule has 0 aliphatic rings. The van der Waals surface area contributed by atoms with Gasteiger partial charge >= 0.3 is 0 Å². The number of guanidine groups is 1. The van der Waals surface area contributed by atoms with Crippen LogP contribution < -0.4 is 10.6 Å². The third-order valence-corrected chi connectivity index (χ3v) is 5.46. The molecule has 25 heavy (non-hydrogen) atoms. The van der Waals surface area contributed by atoms with Gasteiger partial charge in [-0.25, -0.2) is 12.7 Å². The smallest absolute Gasteiger partial charge is 0.215 e. The minimum absolute atomic E-state index is 0. The van der Waals surface area contributed by atoms with Crippen LogP contribution in [-0.4, -0.2) is 62.1 Å². The maximum Gasteiger partial charge on any atom is 0.215 e. The summed E-state index contributed by atoms with van der Waals surface area (Å²) in [5.41, 5.74) is 1.00. The van der Waals surface area contributed by atoms with Crippen molar-refractivity contribution in [2.45, 2.75) is 27.2 Å². The van der Waals surface area contributed by atoms with Crippen molar-refractivity contribution in [1.82, 2.24) is 19.9 Å². The standard InChI is InChI=1S/C16H29N5O2S.HI/c1-4-17-16(19-12-10-15-9-7-8-11-18-15)20-13-14-24(22,23)21(5-2)6-3;/h7-9,11H,4-6,10,12-14H2,1-3H3,(H2,17,19,20);1H. The number of hydrogen-bond acceptors (Lipinski definition) is 4. The third kappa shape index (κ3) is 9.36. The molecule has 1 rings (SSSR count). The molecular weight excluding hydrogens is 453 g/mol. The van der Waals surface area contributed by atoms with Gasteiger partial charge in [0.2, 0.25) is 10.0 Å². The predicted octanol–water partition coefficient (Wildman–Crippen LogP) is 1.47. The molecule has 1 aromatic heterocycles. The van der Waals surface area contributed by atoms with Gasteiger partial charge in [-0.15, -0.1) is 24.0 Å². The first kappa shape index (κ1) is 24.1. The lowest BCUT2D eigenvalue weighted by atomic mass is 10.3. The van der Waals surface area contributed by atoms with Crippen molar-refractivity contribution in [1.29, 1.82) is 0 Å². The molecule has 1 heterocycles. The third-order valence-electron chi connectivity index (χ3n) is 3.46. The highest BCUT2D eigenvalue weighted by molar-refractivity contribution is 14.0. The number of pyridine rings is 1. The Bertz CT molecular complexity index is 592. The van der Waals surface area contributed by atoms with E-state index in [-0.39, 0.29) is 36.3 Å². The molecule has 0 aliphatic heterocycles. The van der Waals surface area contributed by atoms with Crippen LogP contribution in [0.4, 0.5) is 0 Å². The first-order chi connectivity index (χ1) is 11.5. The van der Waals surface area contributed by atoms with Crippen molar-refractivity contribution in [2.24, 2.45) is 4.99 Å². The van der Waals surface area contributed by atoms with E-state index in [2.05, 4.69) is 20.6 Å². The Morgan fingerprint density at radius 2 is 1.92 bits per heavy atom. The molecule has 0 atom stereocenters. The maximum absolute atomic E-state index is 12.1. The van der Waals surface area contributed by atoms with E-state index in [9.17, 15) is 8.42 Å². The van der Waals surface area contributed by atoms with Crippen LogP contribution in [0.5, 0.6) is 0 Å². The van der Waals surface area contributed by atoms with Gasteiger partial charge in [0.05, 0.1) is 12.3 Å². The lowest BCUT2D eigenvalue weighted by Gasteiger charge is -2.17. The van der Waals surface area contributed by atoms with E-state index in [0.717, 1.165) is 18.7 Å². The summed E-state index contributed by atoms with van der Waals surface area (Å²) in [5, 5.41) is 6.33. The van der Waals surface area contributed by atoms with Gasteiger partial charge in [-0.1, -0.05) is 19.9 Å². The van der Waals surface area contributed by atoms with Gasteiger partial charge in [0.1, 0.15) is 0 Å². The summed E-state index contributed by atoms with van der Waals surface area (Å²) < 4.78 is 25.7. The van der Waals surface area contributed by atoms with E-state index >= 15 is 0 Å². The summed E-state index contributed by atoms with van der Waals surface area (Å²) in [5.74, 6) is 0.647. The molecule has 0 bridgehead atoms. The summed E-state index contributed by atoms with van der Waals surface area (Å²) in [6, 6.07) is 5.82. The second kappa shape index (κ2) is 13.3. The van der Waals surface area contributed by atoms with Crippen molar-refractivity contribution in [3.05, 3.63) is 30.1 Å². The molecule has 0 amide bonds. The normalized spacial score (nSPS) is 11.9. The van der Waals surface area contributed by atoms with Crippen LogP contribution in [-0.2, 0) is 16.4 Å². The van der Waals surface area contributed by atoms with E-state index in [1.165, 1.54) is 4.31 Å². The van der Waals surface area contributed by atoms with Gasteiger partial charge in [0.15, 0.2) is 5.96 Å². The van der Waals surface area contributed by atoms with Crippen LogP contribution in [0, 0.1) is 0 Å². The summed E-state index contributed by atoms with van der Waals surface area (Å²) in [6.45, 7) is 8.28. The Morgan fingerprint density at radius 3 is 2.48 bits per heavy atom. The van der Waals surface area contributed by atoms with Crippen molar-refractivity contribution in [3.8, 4) is 0 Å². The van der Waals surface area contributed by atoms with Crippen LogP contribution in [0.3, 0.4) is 0 Å². The first-order valence-corrected chi connectivity index (χ1v) is 10.0. The molecule has 0 saturated carbocycles. The molecule has 9 heteroatoms. The minimum atomic E-state index is -3.24. The second-order valence-electron chi connectivity index (χ2n) is 5.16. The summed E-state index contributed by atoms with van der Waals surface area (Å²) in [4.78, 5) is 8.62. The quantitative estimate of drug-likeness (QED) is 0.299. The van der Waals surface area contributed by atoms with E-state index in [4.69, 9.17) is 0 Å². The van der Waals surface area contributed by atoms with Gasteiger partial charge < -0.3 is 10.6 Å². The molecule has 0 aromatic carbocycles.